The zero-order valence-corrected chi connectivity index (χ0v) is 36.9. The molecule has 0 saturated heterocycles. The molecule has 0 spiro atoms. The van der Waals surface area contributed by atoms with E-state index in [-0.39, 0.29) is 84.3 Å². The predicted molar refractivity (Wildman–Crippen MR) is 241 cm³/mol. The summed E-state index contributed by atoms with van der Waals surface area (Å²) in [5.74, 6) is -5.15. The third kappa shape index (κ3) is 11.7. The Labute approximate surface area is 387 Å². The Morgan fingerprint density at radius 1 is 0.662 bits per heavy atom. The smallest absolute Gasteiger partial charge is 0.335 e. The number of carboxylic acid groups (broad SMARTS) is 3. The van der Waals surface area contributed by atoms with Crippen molar-refractivity contribution < 1.29 is 60.4 Å². The quantitative estimate of drug-likeness (QED) is 0.0312. The fourth-order valence-corrected chi connectivity index (χ4v) is 8.07. The van der Waals surface area contributed by atoms with Gasteiger partial charge in [0.15, 0.2) is 16.6 Å². The van der Waals surface area contributed by atoms with E-state index in [1.54, 1.807) is 0 Å². The number of aromatic carboxylic acids is 2. The molecule has 68 heavy (non-hydrogen) atoms. The molecule has 2 heterocycles. The van der Waals surface area contributed by atoms with E-state index in [0.717, 1.165) is 53.8 Å². The summed E-state index contributed by atoms with van der Waals surface area (Å²) in [5.41, 5.74) is -0.971. The summed E-state index contributed by atoms with van der Waals surface area (Å²) in [6, 6.07) is 22.7. The number of hydrogen-bond acceptors (Lipinski definition) is 18. The number of pyridine rings is 1. The summed E-state index contributed by atoms with van der Waals surface area (Å²) in [6.07, 6.45) is -0.814. The van der Waals surface area contributed by atoms with E-state index >= 15 is 0 Å². The molecule has 6 aromatic rings. The number of nitriles is 2. The van der Waals surface area contributed by atoms with Gasteiger partial charge in [-0.1, -0.05) is 35.6 Å². The highest BCUT2D eigenvalue weighted by Gasteiger charge is 2.24. The molecule has 6 rings (SSSR count). The first-order valence-electron chi connectivity index (χ1n) is 18.9. The Morgan fingerprint density at radius 3 is 1.75 bits per heavy atom. The Kier molecular flexibility index (Phi) is 14.4. The number of amides is 1. The first-order chi connectivity index (χ1) is 32.1. The molecule has 2 aromatic heterocycles. The molecular weight excluding hydrogens is 949 g/mol. The van der Waals surface area contributed by atoms with Crippen LogP contribution in [0.4, 0.5) is 50.1 Å². The van der Waals surface area contributed by atoms with E-state index in [1.807, 2.05) is 12.1 Å². The molecule has 4 aromatic carbocycles. The van der Waals surface area contributed by atoms with Crippen molar-refractivity contribution in [3.63, 3.8) is 0 Å². The number of carboxylic acids is 3. The second kappa shape index (κ2) is 20.2. The minimum Gasteiger partial charge on any atom is -0.481 e. The average Bonchev–Trinajstić information content (AvgIpc) is 3.64. The summed E-state index contributed by atoms with van der Waals surface area (Å²) in [6.45, 7) is 1.44. The number of carbonyl (C=O) groups excluding carboxylic acids is 1. The summed E-state index contributed by atoms with van der Waals surface area (Å²) >= 11 is 0.724. The number of thiophene rings is 1. The molecule has 0 fully saturated rings. The van der Waals surface area contributed by atoms with Crippen LogP contribution in [0.25, 0.3) is 11.1 Å². The minimum atomic E-state index is -4.71. The maximum atomic E-state index is 12.6. The van der Waals surface area contributed by atoms with E-state index in [4.69, 9.17) is 5.11 Å². The standard InChI is InChI=1S/C42H30N10O13S3/c1-21-31(19-43)37(46-26-7-3-9-29(17-26)67(60,61)62)48-38(47-27-8-4-10-30(18-27)68(63,64)65)36(21)50-51-39-32(20-44)35(22-5-2-6-25(14-22)45-33(53)11-12-34(54)55)40(66-39)52-49-28-15-23(41(56)57)13-24(16-28)42(58)59/h2-10,13-18H,11-12H2,1H3,(H,45,53)(H,54,55)(H,56,57)(H,58,59)(H2,46,47,48)(H,60,61,62)(H,63,64,65). The van der Waals surface area contributed by atoms with Gasteiger partial charge < -0.3 is 31.3 Å². The summed E-state index contributed by atoms with van der Waals surface area (Å²) in [4.78, 5) is 50.7. The number of anilines is 5. The Morgan fingerprint density at radius 2 is 1.21 bits per heavy atom. The highest BCUT2D eigenvalue weighted by atomic mass is 32.2. The monoisotopic (exact) mass is 978 g/mol. The zero-order chi connectivity index (χ0) is 49.5. The van der Waals surface area contributed by atoms with Crippen molar-refractivity contribution in [2.45, 2.75) is 29.6 Å². The average molecular weight is 979 g/mol. The SMILES string of the molecule is Cc1c(C#N)c(Nc2cccc(S(=O)(=O)O)c2)nc(Nc2cccc(S(=O)(=O)O)c2)c1N=Nc1sc(N=Nc2cc(C(=O)O)cc(C(=O)O)c2)c(-c2cccc(NC(=O)CCC(=O)O)c2)c1C#N. The van der Waals surface area contributed by atoms with Gasteiger partial charge in [-0.25, -0.2) is 14.6 Å². The first-order valence-corrected chi connectivity index (χ1v) is 22.6. The Balaban J connectivity index is 1.54. The third-order valence-corrected chi connectivity index (χ3v) is 11.9. The number of aromatic nitrogens is 1. The second-order valence-electron chi connectivity index (χ2n) is 13.9. The number of benzene rings is 4. The topological polar surface area (TPSA) is 384 Å². The summed E-state index contributed by atoms with van der Waals surface area (Å²) < 4.78 is 67.2. The van der Waals surface area contributed by atoms with Crippen LogP contribution in [0.1, 0.15) is 50.2 Å². The molecule has 0 unspecified atom stereocenters. The number of rotatable bonds is 17. The summed E-state index contributed by atoms with van der Waals surface area (Å²) in [7, 11) is -9.36. The molecule has 0 aliphatic heterocycles. The van der Waals surface area contributed by atoms with E-state index < -0.39 is 71.4 Å². The Bertz CT molecular complexity index is 3420. The van der Waals surface area contributed by atoms with Crippen LogP contribution in [0.3, 0.4) is 0 Å². The third-order valence-electron chi connectivity index (χ3n) is 9.21. The molecule has 344 valence electrons. The molecule has 0 aliphatic carbocycles. The lowest BCUT2D eigenvalue weighted by atomic mass is 10.0. The molecule has 23 nitrogen and oxygen atoms in total. The normalized spacial score (nSPS) is 11.5. The maximum absolute atomic E-state index is 12.6. The van der Waals surface area contributed by atoms with Crippen LogP contribution in [0, 0.1) is 29.6 Å². The van der Waals surface area contributed by atoms with Gasteiger partial charge in [-0.05, 0) is 79.2 Å². The molecule has 26 heteroatoms. The van der Waals surface area contributed by atoms with E-state index in [9.17, 15) is 65.9 Å². The van der Waals surface area contributed by atoms with Crippen LogP contribution < -0.4 is 16.0 Å². The van der Waals surface area contributed by atoms with E-state index in [0.29, 0.717) is 0 Å². The molecule has 0 aliphatic rings. The largest absolute Gasteiger partial charge is 0.481 e. The predicted octanol–water partition coefficient (Wildman–Crippen LogP) is 8.87. The van der Waals surface area contributed by atoms with Crippen molar-refractivity contribution in [1.29, 1.82) is 10.5 Å². The van der Waals surface area contributed by atoms with Crippen molar-refractivity contribution in [3.8, 4) is 23.3 Å². The van der Waals surface area contributed by atoms with Gasteiger partial charge in [0, 0.05) is 34.6 Å². The van der Waals surface area contributed by atoms with Crippen LogP contribution >= 0.6 is 11.3 Å². The van der Waals surface area contributed by atoms with E-state index in [2.05, 4.69) is 41.4 Å². The van der Waals surface area contributed by atoms with Crippen molar-refractivity contribution in [1.82, 2.24) is 4.98 Å². The molecule has 1 amide bonds. The maximum Gasteiger partial charge on any atom is 0.335 e. The first kappa shape index (κ1) is 48.7. The fraction of sp³-hybridized carbons (Fsp3) is 0.0714. The van der Waals surface area contributed by atoms with Gasteiger partial charge in [0.05, 0.1) is 38.6 Å². The van der Waals surface area contributed by atoms with Gasteiger partial charge in [0.2, 0.25) is 5.91 Å². The van der Waals surface area contributed by atoms with Gasteiger partial charge in [-0.3, -0.25) is 18.7 Å². The fourth-order valence-electron chi connectivity index (χ4n) is 6.10. The van der Waals surface area contributed by atoms with Crippen molar-refractivity contribution in [2.75, 3.05) is 16.0 Å². The molecule has 0 radical (unpaired) electrons. The molecule has 0 saturated carbocycles. The van der Waals surface area contributed by atoms with E-state index in [1.165, 1.54) is 55.5 Å². The lowest BCUT2D eigenvalue weighted by molar-refractivity contribution is -0.138. The number of azo groups is 2. The minimum absolute atomic E-state index is 0.0271. The highest BCUT2D eigenvalue weighted by molar-refractivity contribution is 7.86. The summed E-state index contributed by atoms with van der Waals surface area (Å²) in [5, 5.41) is 74.3. The van der Waals surface area contributed by atoms with Crippen LogP contribution in [0.2, 0.25) is 0 Å². The van der Waals surface area contributed by atoms with Gasteiger partial charge in [0.1, 0.15) is 28.4 Å². The van der Waals surface area contributed by atoms with Gasteiger partial charge in [-0.2, -0.15) is 27.4 Å². The molecular formula is C42H30N10O13S3. The van der Waals surface area contributed by atoms with Crippen molar-refractivity contribution >= 4 is 105 Å². The van der Waals surface area contributed by atoms with Crippen molar-refractivity contribution in [3.05, 3.63) is 119 Å². The van der Waals surface area contributed by atoms with Crippen LogP contribution in [-0.4, -0.2) is 70.1 Å². The molecule has 8 N–H and O–H groups in total. The Hall–Kier alpha value is -8.79. The zero-order valence-electron chi connectivity index (χ0n) is 34.4. The van der Waals surface area contributed by atoms with Gasteiger partial charge in [-0.15, -0.1) is 20.5 Å². The van der Waals surface area contributed by atoms with Crippen molar-refractivity contribution in [2.24, 2.45) is 20.5 Å². The van der Waals surface area contributed by atoms with Crippen LogP contribution in [0.15, 0.2) is 121 Å². The highest BCUT2D eigenvalue weighted by Crippen LogP contribution is 2.49. The van der Waals surface area contributed by atoms with Gasteiger partial charge >= 0.3 is 17.9 Å². The van der Waals surface area contributed by atoms with Crippen LogP contribution in [0.5, 0.6) is 0 Å². The van der Waals surface area contributed by atoms with Gasteiger partial charge in [0.25, 0.3) is 20.2 Å². The number of aliphatic carboxylic acids is 1. The molecule has 0 atom stereocenters. The lowest BCUT2D eigenvalue weighted by Gasteiger charge is -2.16. The number of nitrogens with one attached hydrogen (secondary N) is 3. The number of hydrogen-bond donors (Lipinski definition) is 8. The molecule has 0 bridgehead atoms. The van der Waals surface area contributed by atoms with Crippen LogP contribution in [-0.2, 0) is 29.8 Å². The lowest BCUT2D eigenvalue weighted by Crippen LogP contribution is -2.13. The second-order valence-corrected chi connectivity index (χ2v) is 17.7. The number of nitrogens with zero attached hydrogens (tertiary/aromatic N) is 7. The number of carbonyl (C=O) groups is 4.